The fourth-order valence-electron chi connectivity index (χ4n) is 1.34. The summed E-state index contributed by atoms with van der Waals surface area (Å²) < 4.78 is 5.67. The normalized spacial score (nSPS) is 15.0. The fraction of sp³-hybridized carbons (Fsp3) is 0.455. The Morgan fingerprint density at radius 1 is 1.67 bits per heavy atom. The van der Waals surface area contributed by atoms with Crippen molar-refractivity contribution in [1.82, 2.24) is 4.98 Å². The fourth-order valence-corrected chi connectivity index (χ4v) is 1.34. The molecule has 0 spiro atoms. The van der Waals surface area contributed by atoms with Gasteiger partial charge >= 0.3 is 0 Å². The van der Waals surface area contributed by atoms with Crippen LogP contribution in [0.15, 0.2) is 12.3 Å². The zero-order valence-electron chi connectivity index (χ0n) is 8.69. The van der Waals surface area contributed by atoms with Crippen molar-refractivity contribution in [2.24, 2.45) is 5.73 Å². The third-order valence-corrected chi connectivity index (χ3v) is 2.37. The molecule has 4 heteroatoms. The van der Waals surface area contributed by atoms with E-state index in [1.807, 2.05) is 6.92 Å². The predicted octanol–water partition coefficient (Wildman–Crippen LogP) is 1.28. The second-order valence-electron chi connectivity index (χ2n) is 3.70. The Bertz CT molecular complexity index is 386. The van der Waals surface area contributed by atoms with Crippen LogP contribution in [0, 0.1) is 0 Å². The maximum atomic E-state index is 11.0. The number of aryl methyl sites for hydroxylation is 1. The number of pyridine rings is 1. The summed E-state index contributed by atoms with van der Waals surface area (Å²) in [5, 5.41) is 0. The SMILES string of the molecule is CCc1ncc(C(N)=O)cc1OC1CC1. The van der Waals surface area contributed by atoms with E-state index in [1.54, 1.807) is 6.07 Å². The van der Waals surface area contributed by atoms with Crippen molar-refractivity contribution in [1.29, 1.82) is 0 Å². The summed E-state index contributed by atoms with van der Waals surface area (Å²) in [6, 6.07) is 1.69. The Labute approximate surface area is 88.4 Å². The Balaban J connectivity index is 2.28. The maximum Gasteiger partial charge on any atom is 0.250 e. The van der Waals surface area contributed by atoms with E-state index in [-0.39, 0.29) is 0 Å². The lowest BCUT2D eigenvalue weighted by atomic mass is 10.2. The minimum absolute atomic E-state index is 0.306. The molecule has 1 heterocycles. The summed E-state index contributed by atoms with van der Waals surface area (Å²) in [5.41, 5.74) is 6.47. The van der Waals surface area contributed by atoms with Crippen LogP contribution in [0.25, 0.3) is 0 Å². The molecular formula is C11H14N2O2. The smallest absolute Gasteiger partial charge is 0.250 e. The number of aromatic nitrogens is 1. The van der Waals surface area contributed by atoms with Gasteiger partial charge in [-0.15, -0.1) is 0 Å². The number of hydrogen-bond donors (Lipinski definition) is 1. The second-order valence-corrected chi connectivity index (χ2v) is 3.70. The average Bonchev–Trinajstić information content (AvgIpc) is 3.01. The van der Waals surface area contributed by atoms with E-state index in [0.717, 1.165) is 25.0 Å². The van der Waals surface area contributed by atoms with Gasteiger partial charge in [0.2, 0.25) is 5.91 Å². The van der Waals surface area contributed by atoms with E-state index in [2.05, 4.69) is 4.98 Å². The van der Waals surface area contributed by atoms with Crippen molar-refractivity contribution in [3.63, 3.8) is 0 Å². The number of nitrogens with zero attached hydrogens (tertiary/aromatic N) is 1. The van der Waals surface area contributed by atoms with Gasteiger partial charge in [-0.05, 0) is 25.3 Å². The molecule has 2 N–H and O–H groups in total. The van der Waals surface area contributed by atoms with Gasteiger partial charge in [-0.2, -0.15) is 0 Å². The Hall–Kier alpha value is -1.58. The molecule has 1 aromatic heterocycles. The summed E-state index contributed by atoms with van der Waals surface area (Å²) in [4.78, 5) is 15.2. The molecule has 0 aliphatic heterocycles. The number of rotatable bonds is 4. The Kier molecular flexibility index (Phi) is 2.58. The van der Waals surface area contributed by atoms with Crippen LogP contribution in [0.4, 0.5) is 0 Å². The first-order valence-corrected chi connectivity index (χ1v) is 5.16. The van der Waals surface area contributed by atoms with Crippen LogP contribution in [0.2, 0.25) is 0 Å². The van der Waals surface area contributed by atoms with E-state index in [1.165, 1.54) is 6.20 Å². The van der Waals surface area contributed by atoms with Crippen molar-refractivity contribution in [2.45, 2.75) is 32.3 Å². The molecule has 0 radical (unpaired) electrons. The minimum atomic E-state index is -0.467. The van der Waals surface area contributed by atoms with Gasteiger partial charge in [0, 0.05) is 6.20 Å². The second kappa shape index (κ2) is 3.88. The maximum absolute atomic E-state index is 11.0. The summed E-state index contributed by atoms with van der Waals surface area (Å²) >= 11 is 0. The average molecular weight is 206 g/mol. The van der Waals surface area contributed by atoms with Gasteiger partial charge in [-0.3, -0.25) is 9.78 Å². The molecule has 0 saturated heterocycles. The molecule has 0 atom stereocenters. The summed E-state index contributed by atoms with van der Waals surface area (Å²) in [6.07, 6.45) is 4.77. The third kappa shape index (κ3) is 2.26. The Morgan fingerprint density at radius 3 is 2.93 bits per heavy atom. The van der Waals surface area contributed by atoms with Gasteiger partial charge in [0.25, 0.3) is 0 Å². The highest BCUT2D eigenvalue weighted by Gasteiger charge is 2.25. The molecule has 4 nitrogen and oxygen atoms in total. The lowest BCUT2D eigenvalue weighted by Gasteiger charge is -2.09. The standard InChI is InChI=1S/C11H14N2O2/c1-2-9-10(15-8-3-4-8)5-7(6-13-9)11(12)14/h5-6,8H,2-4H2,1H3,(H2,12,14). The van der Waals surface area contributed by atoms with Crippen LogP contribution in [0.3, 0.4) is 0 Å². The van der Waals surface area contributed by atoms with E-state index in [0.29, 0.717) is 17.4 Å². The molecule has 1 saturated carbocycles. The highest BCUT2D eigenvalue weighted by molar-refractivity contribution is 5.92. The van der Waals surface area contributed by atoms with Crippen LogP contribution in [0.1, 0.15) is 35.8 Å². The first kappa shape index (κ1) is 9.96. The van der Waals surface area contributed by atoms with Crippen LogP contribution in [0.5, 0.6) is 5.75 Å². The number of carbonyl (C=O) groups is 1. The van der Waals surface area contributed by atoms with Crippen LogP contribution in [-0.2, 0) is 6.42 Å². The van der Waals surface area contributed by atoms with E-state index in [4.69, 9.17) is 10.5 Å². The van der Waals surface area contributed by atoms with Gasteiger partial charge in [-0.1, -0.05) is 6.92 Å². The van der Waals surface area contributed by atoms with Crippen molar-refractivity contribution in [3.05, 3.63) is 23.5 Å². The van der Waals surface area contributed by atoms with E-state index >= 15 is 0 Å². The quantitative estimate of drug-likeness (QED) is 0.807. The number of hydrogen-bond acceptors (Lipinski definition) is 3. The molecular weight excluding hydrogens is 192 g/mol. The lowest BCUT2D eigenvalue weighted by molar-refractivity contribution is 0.0999. The minimum Gasteiger partial charge on any atom is -0.488 e. The molecule has 80 valence electrons. The number of primary amides is 1. The highest BCUT2D eigenvalue weighted by Crippen LogP contribution is 2.29. The van der Waals surface area contributed by atoms with Gasteiger partial charge in [-0.25, -0.2) is 0 Å². The topological polar surface area (TPSA) is 65.2 Å². The number of ether oxygens (including phenoxy) is 1. The lowest BCUT2D eigenvalue weighted by Crippen LogP contribution is -2.12. The highest BCUT2D eigenvalue weighted by atomic mass is 16.5. The van der Waals surface area contributed by atoms with Crippen molar-refractivity contribution in [2.75, 3.05) is 0 Å². The molecule has 0 bridgehead atoms. The van der Waals surface area contributed by atoms with Crippen molar-refractivity contribution < 1.29 is 9.53 Å². The first-order valence-electron chi connectivity index (χ1n) is 5.16. The molecule has 1 aliphatic rings. The molecule has 15 heavy (non-hydrogen) atoms. The molecule has 0 unspecified atom stereocenters. The monoisotopic (exact) mass is 206 g/mol. The summed E-state index contributed by atoms with van der Waals surface area (Å²) in [7, 11) is 0. The van der Waals surface area contributed by atoms with Gasteiger partial charge < -0.3 is 10.5 Å². The zero-order valence-corrected chi connectivity index (χ0v) is 8.69. The third-order valence-electron chi connectivity index (χ3n) is 2.37. The van der Waals surface area contributed by atoms with E-state index < -0.39 is 5.91 Å². The van der Waals surface area contributed by atoms with Gasteiger partial charge in [0.1, 0.15) is 5.75 Å². The van der Waals surface area contributed by atoms with Gasteiger partial charge in [0.05, 0.1) is 17.4 Å². The van der Waals surface area contributed by atoms with Gasteiger partial charge in [0.15, 0.2) is 0 Å². The summed E-state index contributed by atoms with van der Waals surface area (Å²) in [6.45, 7) is 2.01. The van der Waals surface area contributed by atoms with Crippen molar-refractivity contribution in [3.8, 4) is 5.75 Å². The predicted molar refractivity (Wildman–Crippen MR) is 55.8 cm³/mol. The van der Waals surface area contributed by atoms with Crippen LogP contribution >= 0.6 is 0 Å². The molecule has 1 aliphatic carbocycles. The molecule has 0 aromatic carbocycles. The van der Waals surface area contributed by atoms with E-state index in [9.17, 15) is 4.79 Å². The molecule has 1 amide bonds. The van der Waals surface area contributed by atoms with Crippen LogP contribution < -0.4 is 10.5 Å². The molecule has 1 aromatic rings. The molecule has 2 rings (SSSR count). The van der Waals surface area contributed by atoms with Crippen LogP contribution in [-0.4, -0.2) is 17.0 Å². The summed E-state index contributed by atoms with van der Waals surface area (Å²) in [5.74, 6) is 0.238. The largest absolute Gasteiger partial charge is 0.488 e. The number of carbonyl (C=O) groups excluding carboxylic acids is 1. The molecule has 1 fully saturated rings. The number of amides is 1. The number of nitrogens with two attached hydrogens (primary N) is 1. The first-order chi connectivity index (χ1) is 7.20. The Morgan fingerprint density at radius 2 is 2.40 bits per heavy atom. The van der Waals surface area contributed by atoms with Crippen molar-refractivity contribution >= 4 is 5.91 Å². The zero-order chi connectivity index (χ0) is 10.8.